The van der Waals surface area contributed by atoms with Crippen LogP contribution in [-0.4, -0.2) is 20.3 Å². The van der Waals surface area contributed by atoms with E-state index in [1.165, 1.54) is 0 Å². The van der Waals surface area contributed by atoms with Crippen molar-refractivity contribution in [3.8, 4) is 0 Å². The second kappa shape index (κ2) is 7.49. The molecule has 4 nitrogen and oxygen atoms in total. The third kappa shape index (κ3) is 4.21. The van der Waals surface area contributed by atoms with E-state index in [0.717, 1.165) is 6.21 Å². The van der Waals surface area contributed by atoms with Crippen LogP contribution in [0, 0.1) is 0 Å². The molecule has 0 unspecified atom stereocenters. The summed E-state index contributed by atoms with van der Waals surface area (Å²) in [5.74, 6) is 0. The van der Waals surface area contributed by atoms with E-state index in [-0.39, 0.29) is 14.1 Å². The maximum atomic E-state index is 11.5. The highest BCUT2D eigenvalue weighted by Gasteiger charge is 2.01. The summed E-state index contributed by atoms with van der Waals surface area (Å²) in [6, 6.07) is 8.42. The fraction of sp³-hybridized carbons (Fsp3) is 0. The summed E-state index contributed by atoms with van der Waals surface area (Å²) >= 11 is 0. The Hall–Kier alpha value is -1.92. The van der Waals surface area contributed by atoms with Gasteiger partial charge in [0.25, 0.3) is 0 Å². The standard InChI is InChI=1S/C8H6F2N2O2.B/c9-13-11-6-8(12-14-10)7-4-2-1-3-5-7;/h1-6H;. The number of nitrogens with zero attached hydrogens (tertiary/aromatic N) is 2. The van der Waals surface area contributed by atoms with Crippen LogP contribution in [-0.2, 0) is 10.1 Å². The highest BCUT2D eigenvalue weighted by atomic mass is 19.3. The van der Waals surface area contributed by atoms with Gasteiger partial charge in [-0.1, -0.05) is 30.3 Å². The fourth-order valence-electron chi connectivity index (χ4n) is 0.867. The van der Waals surface area contributed by atoms with Gasteiger partial charge in [-0.15, -0.1) is 0 Å². The largest absolute Gasteiger partial charge is 0.174 e. The van der Waals surface area contributed by atoms with Crippen LogP contribution in [0.4, 0.5) is 9.05 Å². The molecular weight excluding hydrogens is 205 g/mol. The number of benzene rings is 1. The first kappa shape index (κ1) is 13.1. The molecular formula is C8H6BF2N2O2. The average Bonchev–Trinajstić information content (AvgIpc) is 2.25. The number of halogens is 2. The highest BCUT2D eigenvalue weighted by molar-refractivity contribution is 6.37. The van der Waals surface area contributed by atoms with Crippen LogP contribution in [0.2, 0.25) is 0 Å². The molecule has 77 valence electrons. The predicted octanol–water partition coefficient (Wildman–Crippen LogP) is 1.80. The molecule has 0 fully saturated rings. The minimum absolute atomic E-state index is 0. The van der Waals surface area contributed by atoms with Crippen molar-refractivity contribution in [2.45, 2.75) is 0 Å². The van der Waals surface area contributed by atoms with Crippen molar-refractivity contribution >= 4 is 20.3 Å². The monoisotopic (exact) mass is 211 g/mol. The van der Waals surface area contributed by atoms with Gasteiger partial charge in [0, 0.05) is 23.0 Å². The lowest BCUT2D eigenvalue weighted by molar-refractivity contribution is -0.132. The summed E-state index contributed by atoms with van der Waals surface area (Å²) in [6.07, 6.45) is 0.884. The lowest BCUT2D eigenvalue weighted by atomic mass is 10.1. The first-order valence-corrected chi connectivity index (χ1v) is 3.60. The summed E-state index contributed by atoms with van der Waals surface area (Å²) in [4.78, 5) is 0. The summed E-state index contributed by atoms with van der Waals surface area (Å²) in [6.45, 7) is 0. The summed E-state index contributed by atoms with van der Waals surface area (Å²) in [5.41, 5.74) is 0.525. The van der Waals surface area contributed by atoms with Crippen molar-refractivity contribution in [2.24, 2.45) is 10.3 Å². The van der Waals surface area contributed by atoms with Crippen LogP contribution >= 0.6 is 0 Å². The zero-order valence-electron chi connectivity index (χ0n) is 7.51. The van der Waals surface area contributed by atoms with E-state index >= 15 is 0 Å². The van der Waals surface area contributed by atoms with E-state index in [9.17, 15) is 9.05 Å². The SMILES string of the molecule is FON=CC(=NOF)c1ccccc1.[B]. The van der Waals surface area contributed by atoms with Crippen molar-refractivity contribution in [3.05, 3.63) is 35.9 Å². The van der Waals surface area contributed by atoms with Gasteiger partial charge in [-0.25, -0.2) is 0 Å². The predicted molar refractivity (Wildman–Crippen MR) is 51.6 cm³/mol. The van der Waals surface area contributed by atoms with Gasteiger partial charge >= 0.3 is 0 Å². The van der Waals surface area contributed by atoms with Crippen molar-refractivity contribution in [3.63, 3.8) is 0 Å². The third-order valence-corrected chi connectivity index (χ3v) is 1.42. The van der Waals surface area contributed by atoms with Gasteiger partial charge in [0.15, 0.2) is 0 Å². The van der Waals surface area contributed by atoms with Crippen LogP contribution in [0.25, 0.3) is 0 Å². The van der Waals surface area contributed by atoms with Crippen molar-refractivity contribution < 1.29 is 19.1 Å². The Morgan fingerprint density at radius 1 is 1.13 bits per heavy atom. The van der Waals surface area contributed by atoms with E-state index < -0.39 is 0 Å². The second-order valence-electron chi connectivity index (χ2n) is 2.22. The Morgan fingerprint density at radius 2 is 1.80 bits per heavy atom. The van der Waals surface area contributed by atoms with Crippen molar-refractivity contribution in [1.29, 1.82) is 0 Å². The van der Waals surface area contributed by atoms with Gasteiger partial charge in [0.1, 0.15) is 11.9 Å². The van der Waals surface area contributed by atoms with Crippen LogP contribution in [0.3, 0.4) is 0 Å². The van der Waals surface area contributed by atoms with E-state index in [2.05, 4.69) is 20.4 Å². The van der Waals surface area contributed by atoms with Gasteiger partial charge in [0.05, 0.1) is 0 Å². The molecule has 1 aromatic carbocycles. The molecule has 0 saturated heterocycles. The second-order valence-corrected chi connectivity index (χ2v) is 2.22. The Bertz CT molecular complexity index is 333. The highest BCUT2D eigenvalue weighted by Crippen LogP contribution is 2.00. The first-order chi connectivity index (χ1) is 6.88. The molecule has 3 radical (unpaired) electrons. The molecule has 0 N–H and O–H groups in total. The molecule has 0 aromatic heterocycles. The summed E-state index contributed by atoms with van der Waals surface area (Å²) in [5, 5.41) is 11.8. The van der Waals surface area contributed by atoms with E-state index in [4.69, 9.17) is 0 Å². The Morgan fingerprint density at radius 3 is 2.33 bits per heavy atom. The van der Waals surface area contributed by atoms with Gasteiger partial charge in [0.2, 0.25) is 0 Å². The van der Waals surface area contributed by atoms with Crippen LogP contribution in [0.15, 0.2) is 40.6 Å². The van der Waals surface area contributed by atoms with Gasteiger partial charge in [-0.3, -0.25) is 0 Å². The molecule has 0 spiro atoms. The molecule has 15 heavy (non-hydrogen) atoms. The molecule has 1 aromatic rings. The van der Waals surface area contributed by atoms with E-state index in [0.29, 0.717) is 5.56 Å². The quantitative estimate of drug-likeness (QED) is 0.432. The minimum atomic E-state index is 0. The number of hydrogen-bond donors (Lipinski definition) is 0. The van der Waals surface area contributed by atoms with Crippen LogP contribution < -0.4 is 0 Å². The topological polar surface area (TPSA) is 43.2 Å². The number of oxime groups is 2. The molecule has 0 aliphatic carbocycles. The lowest BCUT2D eigenvalue weighted by Gasteiger charge is -1.95. The number of rotatable bonds is 4. The molecule has 0 atom stereocenters. The molecule has 0 aliphatic rings. The smallest absolute Gasteiger partial charge is 0.136 e. The molecule has 0 aliphatic heterocycles. The van der Waals surface area contributed by atoms with Crippen molar-refractivity contribution in [2.75, 3.05) is 0 Å². The summed E-state index contributed by atoms with van der Waals surface area (Å²) < 4.78 is 22.7. The Kier molecular flexibility index (Phi) is 6.53. The molecule has 0 saturated carbocycles. The first-order valence-electron chi connectivity index (χ1n) is 3.60. The zero-order valence-corrected chi connectivity index (χ0v) is 7.51. The third-order valence-electron chi connectivity index (χ3n) is 1.42. The maximum Gasteiger partial charge on any atom is 0.136 e. The molecule has 0 bridgehead atoms. The molecule has 0 amide bonds. The number of hydrogen-bond acceptors (Lipinski definition) is 4. The van der Waals surface area contributed by atoms with Crippen molar-refractivity contribution in [1.82, 2.24) is 0 Å². The Labute approximate surface area is 86.5 Å². The van der Waals surface area contributed by atoms with Gasteiger partial charge < -0.3 is 0 Å². The lowest BCUT2D eigenvalue weighted by Crippen LogP contribution is -2.02. The van der Waals surface area contributed by atoms with Crippen LogP contribution in [0.1, 0.15) is 5.56 Å². The minimum Gasteiger partial charge on any atom is -0.174 e. The maximum absolute atomic E-state index is 11.5. The zero-order chi connectivity index (χ0) is 10.2. The fourth-order valence-corrected chi connectivity index (χ4v) is 0.867. The average molecular weight is 211 g/mol. The van der Waals surface area contributed by atoms with Gasteiger partial charge in [-0.05, 0) is 10.3 Å². The molecule has 1 rings (SSSR count). The normalized spacial score (nSPS) is 10.9. The Balaban J connectivity index is 0.00000196. The van der Waals surface area contributed by atoms with Crippen LogP contribution in [0.5, 0.6) is 0 Å². The molecule has 7 heteroatoms. The van der Waals surface area contributed by atoms with Gasteiger partial charge in [-0.2, -0.15) is 10.1 Å². The van der Waals surface area contributed by atoms with E-state index in [1.807, 2.05) is 0 Å². The summed E-state index contributed by atoms with van der Waals surface area (Å²) in [7, 11) is 0. The molecule has 0 heterocycles. The van der Waals surface area contributed by atoms with E-state index in [1.54, 1.807) is 30.3 Å².